The molecule has 1 aliphatic rings. The van der Waals surface area contributed by atoms with Crippen LogP contribution in [0.4, 0.5) is 0 Å². The SMILES string of the molecule is Cc1ccc2cc3c(nc2c1)C=CCC3=O. The number of rotatable bonds is 0. The number of aromatic nitrogens is 1. The zero-order valence-corrected chi connectivity index (χ0v) is 9.03. The van der Waals surface area contributed by atoms with E-state index in [1.54, 1.807) is 0 Å². The second-order valence-corrected chi connectivity index (χ2v) is 4.15. The fraction of sp³-hybridized carbons (Fsp3) is 0.143. The highest BCUT2D eigenvalue weighted by molar-refractivity contribution is 6.04. The summed E-state index contributed by atoms with van der Waals surface area (Å²) in [5.74, 6) is 0.160. The van der Waals surface area contributed by atoms with Crippen molar-refractivity contribution in [3.8, 4) is 0 Å². The first-order valence-corrected chi connectivity index (χ1v) is 5.35. The molecule has 16 heavy (non-hydrogen) atoms. The standard InChI is InChI=1S/C14H11NO/c1-9-5-6-10-8-11-12(15-13(10)7-9)3-2-4-14(11)16/h2-3,5-8H,4H2,1H3. The fourth-order valence-electron chi connectivity index (χ4n) is 2.03. The third-order valence-electron chi connectivity index (χ3n) is 2.88. The quantitative estimate of drug-likeness (QED) is 0.667. The van der Waals surface area contributed by atoms with Crippen LogP contribution in [-0.4, -0.2) is 10.8 Å². The van der Waals surface area contributed by atoms with Crippen LogP contribution in [0.3, 0.4) is 0 Å². The zero-order chi connectivity index (χ0) is 11.1. The second kappa shape index (κ2) is 3.27. The highest BCUT2D eigenvalue weighted by Crippen LogP contribution is 2.23. The number of Topliss-reactive ketones (excluding diaryl/α,β-unsaturated/α-hetero) is 1. The Balaban J connectivity index is 2.35. The molecule has 0 saturated heterocycles. The van der Waals surface area contributed by atoms with Crippen LogP contribution in [0.1, 0.15) is 28.0 Å². The van der Waals surface area contributed by atoms with Gasteiger partial charge in [-0.25, -0.2) is 4.98 Å². The average Bonchev–Trinajstić information content (AvgIpc) is 2.27. The van der Waals surface area contributed by atoms with E-state index in [0.717, 1.165) is 22.2 Å². The molecule has 0 spiro atoms. The number of benzene rings is 1. The summed E-state index contributed by atoms with van der Waals surface area (Å²) in [6.07, 6.45) is 4.30. The van der Waals surface area contributed by atoms with Gasteiger partial charge in [0.15, 0.2) is 5.78 Å². The number of hydrogen-bond acceptors (Lipinski definition) is 2. The van der Waals surface area contributed by atoms with Gasteiger partial charge in [0, 0.05) is 17.4 Å². The molecule has 0 radical (unpaired) electrons. The van der Waals surface area contributed by atoms with Crippen molar-refractivity contribution < 1.29 is 4.79 Å². The Hall–Kier alpha value is -1.96. The van der Waals surface area contributed by atoms with Crippen LogP contribution >= 0.6 is 0 Å². The molecule has 78 valence electrons. The van der Waals surface area contributed by atoms with E-state index in [0.29, 0.717) is 6.42 Å². The van der Waals surface area contributed by atoms with Crippen LogP contribution in [0.2, 0.25) is 0 Å². The van der Waals surface area contributed by atoms with Gasteiger partial charge in [-0.05, 0) is 30.7 Å². The first kappa shape index (κ1) is 9.28. The molecule has 2 nitrogen and oxygen atoms in total. The van der Waals surface area contributed by atoms with Crippen LogP contribution in [0.15, 0.2) is 30.3 Å². The van der Waals surface area contributed by atoms with Crippen molar-refractivity contribution in [1.82, 2.24) is 4.98 Å². The maximum atomic E-state index is 11.7. The van der Waals surface area contributed by atoms with Crippen molar-refractivity contribution in [2.75, 3.05) is 0 Å². The predicted octanol–water partition coefficient (Wildman–Crippen LogP) is 3.14. The summed E-state index contributed by atoms with van der Waals surface area (Å²) >= 11 is 0. The van der Waals surface area contributed by atoms with Crippen LogP contribution in [0.5, 0.6) is 0 Å². The molecule has 0 N–H and O–H groups in total. The average molecular weight is 209 g/mol. The highest BCUT2D eigenvalue weighted by Gasteiger charge is 2.14. The molecule has 0 unspecified atom stereocenters. The van der Waals surface area contributed by atoms with Crippen LogP contribution in [0.25, 0.3) is 17.0 Å². The molecule has 1 aliphatic carbocycles. The summed E-state index contributed by atoms with van der Waals surface area (Å²) in [4.78, 5) is 16.2. The summed E-state index contributed by atoms with van der Waals surface area (Å²) < 4.78 is 0. The second-order valence-electron chi connectivity index (χ2n) is 4.15. The Bertz CT molecular complexity index is 626. The van der Waals surface area contributed by atoms with Gasteiger partial charge in [-0.1, -0.05) is 18.2 Å². The minimum absolute atomic E-state index is 0.160. The topological polar surface area (TPSA) is 30.0 Å². The van der Waals surface area contributed by atoms with E-state index < -0.39 is 0 Å². The molecule has 0 atom stereocenters. The number of carbonyl (C=O) groups excluding carboxylic acids is 1. The van der Waals surface area contributed by atoms with Crippen molar-refractivity contribution in [3.63, 3.8) is 0 Å². The van der Waals surface area contributed by atoms with E-state index in [9.17, 15) is 4.79 Å². The number of allylic oxidation sites excluding steroid dienone is 1. The molecule has 0 amide bonds. The smallest absolute Gasteiger partial charge is 0.168 e. The Morgan fingerprint density at radius 1 is 1.25 bits per heavy atom. The van der Waals surface area contributed by atoms with E-state index in [2.05, 4.69) is 4.98 Å². The van der Waals surface area contributed by atoms with E-state index in [1.165, 1.54) is 5.56 Å². The largest absolute Gasteiger partial charge is 0.294 e. The number of nitrogens with zero attached hydrogens (tertiary/aromatic N) is 1. The first-order valence-electron chi connectivity index (χ1n) is 5.35. The summed E-state index contributed by atoms with van der Waals surface area (Å²) in [6, 6.07) is 8.05. The normalized spacial score (nSPS) is 14.2. The number of carbonyl (C=O) groups is 1. The molecule has 0 saturated carbocycles. The van der Waals surface area contributed by atoms with Gasteiger partial charge in [-0.3, -0.25) is 4.79 Å². The highest BCUT2D eigenvalue weighted by atomic mass is 16.1. The van der Waals surface area contributed by atoms with Crippen LogP contribution in [-0.2, 0) is 0 Å². The lowest BCUT2D eigenvalue weighted by Crippen LogP contribution is -2.06. The van der Waals surface area contributed by atoms with Crippen LogP contribution < -0.4 is 0 Å². The Kier molecular flexibility index (Phi) is 1.90. The van der Waals surface area contributed by atoms with Crippen molar-refractivity contribution in [2.45, 2.75) is 13.3 Å². The van der Waals surface area contributed by atoms with E-state index in [4.69, 9.17) is 0 Å². The molecule has 2 heteroatoms. The van der Waals surface area contributed by atoms with Crippen molar-refractivity contribution in [1.29, 1.82) is 0 Å². The number of hydrogen-bond donors (Lipinski definition) is 0. The summed E-state index contributed by atoms with van der Waals surface area (Å²) in [5, 5.41) is 1.04. The lowest BCUT2D eigenvalue weighted by atomic mass is 9.98. The third kappa shape index (κ3) is 1.34. The fourth-order valence-corrected chi connectivity index (χ4v) is 2.03. The molecule has 1 aromatic heterocycles. The molecular formula is C14H11NO. The molecule has 2 aromatic rings. The van der Waals surface area contributed by atoms with Gasteiger partial charge in [0.05, 0.1) is 11.2 Å². The first-order chi connectivity index (χ1) is 7.74. The Morgan fingerprint density at radius 3 is 3.00 bits per heavy atom. The van der Waals surface area contributed by atoms with Gasteiger partial charge in [0.25, 0.3) is 0 Å². The summed E-state index contributed by atoms with van der Waals surface area (Å²) in [6.45, 7) is 2.04. The van der Waals surface area contributed by atoms with E-state index >= 15 is 0 Å². The molecular weight excluding hydrogens is 198 g/mol. The maximum absolute atomic E-state index is 11.7. The lowest BCUT2D eigenvalue weighted by Gasteiger charge is -2.10. The van der Waals surface area contributed by atoms with Gasteiger partial charge >= 0.3 is 0 Å². The van der Waals surface area contributed by atoms with Gasteiger partial charge < -0.3 is 0 Å². The number of aryl methyl sites for hydroxylation is 1. The minimum Gasteiger partial charge on any atom is -0.294 e. The van der Waals surface area contributed by atoms with Gasteiger partial charge in [-0.2, -0.15) is 0 Å². The predicted molar refractivity (Wildman–Crippen MR) is 64.5 cm³/mol. The lowest BCUT2D eigenvalue weighted by molar-refractivity contribution is 0.0994. The Labute approximate surface area is 93.6 Å². The molecule has 3 rings (SSSR count). The minimum atomic E-state index is 0.160. The number of fused-ring (bicyclic) bond motifs is 2. The van der Waals surface area contributed by atoms with Crippen molar-refractivity contribution >= 4 is 22.8 Å². The van der Waals surface area contributed by atoms with Gasteiger partial charge in [-0.15, -0.1) is 0 Å². The van der Waals surface area contributed by atoms with Gasteiger partial charge in [0.2, 0.25) is 0 Å². The molecule has 0 aliphatic heterocycles. The molecule has 0 fully saturated rings. The molecule has 1 heterocycles. The number of pyridine rings is 1. The van der Waals surface area contributed by atoms with Crippen molar-refractivity contribution in [3.05, 3.63) is 47.2 Å². The monoisotopic (exact) mass is 209 g/mol. The Morgan fingerprint density at radius 2 is 2.12 bits per heavy atom. The number of ketones is 1. The summed E-state index contributed by atoms with van der Waals surface area (Å²) in [5.41, 5.74) is 3.69. The van der Waals surface area contributed by atoms with E-state index in [-0.39, 0.29) is 5.78 Å². The van der Waals surface area contributed by atoms with Crippen LogP contribution in [0, 0.1) is 6.92 Å². The summed E-state index contributed by atoms with van der Waals surface area (Å²) in [7, 11) is 0. The molecule has 0 bridgehead atoms. The zero-order valence-electron chi connectivity index (χ0n) is 9.03. The third-order valence-corrected chi connectivity index (χ3v) is 2.88. The van der Waals surface area contributed by atoms with Gasteiger partial charge in [0.1, 0.15) is 0 Å². The maximum Gasteiger partial charge on any atom is 0.168 e. The van der Waals surface area contributed by atoms with Crippen molar-refractivity contribution in [2.24, 2.45) is 0 Å². The molecule has 1 aromatic carbocycles. The van der Waals surface area contributed by atoms with E-state index in [1.807, 2.05) is 43.3 Å².